The van der Waals surface area contributed by atoms with Crippen LogP contribution in [0, 0.1) is 0 Å². The topological polar surface area (TPSA) is 98.8 Å². The maximum absolute atomic E-state index is 12.4. The highest BCUT2D eigenvalue weighted by Crippen LogP contribution is 2.17. The van der Waals surface area contributed by atoms with Crippen LogP contribution < -0.4 is 16.3 Å². The molecule has 1 unspecified atom stereocenters. The number of piperidine rings is 1. The van der Waals surface area contributed by atoms with Crippen molar-refractivity contribution in [1.29, 1.82) is 0 Å². The van der Waals surface area contributed by atoms with E-state index in [2.05, 4.69) is 20.8 Å². The van der Waals surface area contributed by atoms with Crippen LogP contribution in [0.3, 0.4) is 0 Å². The van der Waals surface area contributed by atoms with E-state index in [9.17, 15) is 9.59 Å². The molecule has 9 nitrogen and oxygen atoms in total. The zero-order valence-electron chi connectivity index (χ0n) is 15.4. The van der Waals surface area contributed by atoms with Crippen LogP contribution >= 0.6 is 12.4 Å². The van der Waals surface area contributed by atoms with Crippen LogP contribution in [0.4, 0.5) is 5.69 Å². The molecular formula is C18H22ClN7O2. The van der Waals surface area contributed by atoms with Gasteiger partial charge in [-0.2, -0.15) is 14.9 Å². The van der Waals surface area contributed by atoms with Crippen LogP contribution in [0.25, 0.3) is 5.69 Å². The van der Waals surface area contributed by atoms with Gasteiger partial charge in [-0.15, -0.1) is 12.4 Å². The second-order valence-corrected chi connectivity index (χ2v) is 6.62. The average molecular weight is 404 g/mol. The van der Waals surface area contributed by atoms with E-state index in [0.717, 1.165) is 25.9 Å². The van der Waals surface area contributed by atoms with Crippen LogP contribution in [-0.2, 0) is 7.05 Å². The number of hydrogen-bond acceptors (Lipinski definition) is 5. The lowest BCUT2D eigenvalue weighted by Crippen LogP contribution is -2.32. The van der Waals surface area contributed by atoms with Gasteiger partial charge in [0, 0.05) is 25.5 Å². The number of aromatic nitrogens is 5. The second kappa shape index (κ2) is 8.41. The highest BCUT2D eigenvalue weighted by molar-refractivity contribution is 6.02. The number of halogens is 1. The van der Waals surface area contributed by atoms with E-state index in [1.54, 1.807) is 37.4 Å². The van der Waals surface area contributed by atoms with Crippen molar-refractivity contribution in [1.82, 2.24) is 29.4 Å². The number of aryl methyl sites for hydroxylation is 1. The van der Waals surface area contributed by atoms with Crippen molar-refractivity contribution in [3.8, 4) is 5.69 Å². The normalized spacial score (nSPS) is 16.4. The van der Waals surface area contributed by atoms with E-state index in [1.165, 1.54) is 15.6 Å². The molecule has 0 radical (unpaired) electrons. The first kappa shape index (κ1) is 19.8. The summed E-state index contributed by atoms with van der Waals surface area (Å²) in [6.45, 7) is 1.91. The van der Waals surface area contributed by atoms with Crippen molar-refractivity contribution in [2.24, 2.45) is 7.05 Å². The Kier molecular flexibility index (Phi) is 5.96. The first-order valence-electron chi connectivity index (χ1n) is 8.90. The fraction of sp³-hybridized carbons (Fsp3) is 0.333. The molecule has 28 heavy (non-hydrogen) atoms. The van der Waals surface area contributed by atoms with Crippen molar-refractivity contribution in [3.63, 3.8) is 0 Å². The molecule has 0 saturated carbocycles. The summed E-state index contributed by atoms with van der Waals surface area (Å²) in [6, 6.07) is 8.95. The lowest BCUT2D eigenvalue weighted by Gasteiger charge is -2.22. The predicted molar refractivity (Wildman–Crippen MR) is 107 cm³/mol. The van der Waals surface area contributed by atoms with Gasteiger partial charge in [-0.25, -0.2) is 4.79 Å². The first-order chi connectivity index (χ1) is 13.1. The molecule has 1 atom stereocenters. The van der Waals surface area contributed by atoms with Gasteiger partial charge in [0.2, 0.25) is 0 Å². The van der Waals surface area contributed by atoms with E-state index >= 15 is 0 Å². The summed E-state index contributed by atoms with van der Waals surface area (Å²) in [6.07, 6.45) is 5.47. The molecule has 0 bridgehead atoms. The van der Waals surface area contributed by atoms with Gasteiger partial charge in [-0.05, 0) is 49.7 Å². The minimum absolute atomic E-state index is 0. The molecule has 10 heteroatoms. The van der Waals surface area contributed by atoms with Crippen LogP contribution in [-0.4, -0.2) is 43.1 Å². The summed E-state index contributed by atoms with van der Waals surface area (Å²) in [5, 5.41) is 14.6. The molecular weight excluding hydrogens is 382 g/mol. The lowest BCUT2D eigenvalue weighted by atomic mass is 10.1. The number of nitrogens with zero attached hydrogens (tertiary/aromatic N) is 5. The molecule has 1 amide bonds. The zero-order valence-corrected chi connectivity index (χ0v) is 16.2. The minimum Gasteiger partial charge on any atom is -0.321 e. The van der Waals surface area contributed by atoms with Gasteiger partial charge in [0.25, 0.3) is 5.91 Å². The van der Waals surface area contributed by atoms with Crippen molar-refractivity contribution in [2.45, 2.75) is 18.9 Å². The Morgan fingerprint density at radius 3 is 2.68 bits per heavy atom. The number of amides is 1. The third-order valence-electron chi connectivity index (χ3n) is 4.68. The minimum atomic E-state index is -0.264. The maximum Gasteiger partial charge on any atom is 0.350 e. The number of rotatable bonds is 4. The molecule has 1 aromatic carbocycles. The fourth-order valence-electron chi connectivity index (χ4n) is 3.16. The lowest BCUT2D eigenvalue weighted by molar-refractivity contribution is 0.102. The Labute approximate surface area is 167 Å². The molecule has 148 valence electrons. The standard InChI is InChI=1S/C18H21N7O2.ClH/c1-23-12-20-25(18(23)27)14-6-4-13(5-7-14)21-17(26)16-8-10-24(22-16)15-3-2-9-19-11-15;/h4-8,10,12,15,19H,2-3,9,11H2,1H3,(H,21,26);1H. The molecule has 0 aliphatic carbocycles. The van der Waals surface area contributed by atoms with Gasteiger partial charge in [0.1, 0.15) is 6.33 Å². The fourth-order valence-corrected chi connectivity index (χ4v) is 3.16. The summed E-state index contributed by atoms with van der Waals surface area (Å²) in [5.41, 5.74) is 1.41. The number of anilines is 1. The summed E-state index contributed by atoms with van der Waals surface area (Å²) in [5.74, 6) is -0.264. The van der Waals surface area contributed by atoms with Gasteiger partial charge in [0.15, 0.2) is 5.69 Å². The Morgan fingerprint density at radius 1 is 1.25 bits per heavy atom. The molecule has 3 heterocycles. The number of carbonyl (C=O) groups excluding carboxylic acids is 1. The van der Waals surface area contributed by atoms with Crippen molar-refractivity contribution < 1.29 is 4.79 Å². The van der Waals surface area contributed by atoms with Crippen LogP contribution in [0.2, 0.25) is 0 Å². The monoisotopic (exact) mass is 403 g/mol. The van der Waals surface area contributed by atoms with Crippen LogP contribution in [0.5, 0.6) is 0 Å². The van der Waals surface area contributed by atoms with Gasteiger partial charge in [0.05, 0.1) is 11.7 Å². The molecule has 2 N–H and O–H groups in total. The smallest absolute Gasteiger partial charge is 0.321 e. The van der Waals surface area contributed by atoms with Crippen LogP contribution in [0.1, 0.15) is 29.4 Å². The Bertz CT molecular complexity index is 1000. The number of nitrogens with one attached hydrogen (secondary N) is 2. The Balaban J connectivity index is 0.00000225. The molecule has 3 aromatic rings. The number of benzene rings is 1. The SMILES string of the molecule is Cl.Cn1cnn(-c2ccc(NC(=O)c3ccn(C4CCCNC4)n3)cc2)c1=O. The second-order valence-electron chi connectivity index (χ2n) is 6.62. The molecule has 1 aliphatic rings. The quantitative estimate of drug-likeness (QED) is 0.685. The highest BCUT2D eigenvalue weighted by Gasteiger charge is 2.17. The summed E-state index contributed by atoms with van der Waals surface area (Å²) < 4.78 is 4.55. The number of carbonyl (C=O) groups is 1. The molecule has 2 aromatic heterocycles. The average Bonchev–Trinajstić information content (AvgIpc) is 3.31. The zero-order chi connectivity index (χ0) is 18.8. The van der Waals surface area contributed by atoms with Gasteiger partial charge in [-0.1, -0.05) is 0 Å². The maximum atomic E-state index is 12.4. The van der Waals surface area contributed by atoms with Gasteiger partial charge in [-0.3, -0.25) is 14.0 Å². The third-order valence-corrected chi connectivity index (χ3v) is 4.68. The highest BCUT2D eigenvalue weighted by atomic mass is 35.5. The van der Waals surface area contributed by atoms with Gasteiger partial charge < -0.3 is 10.6 Å². The van der Waals surface area contributed by atoms with E-state index in [1.807, 2.05) is 10.9 Å². The van der Waals surface area contributed by atoms with E-state index in [0.29, 0.717) is 17.1 Å². The molecule has 1 aliphatic heterocycles. The Hall–Kier alpha value is -2.91. The number of hydrogen-bond donors (Lipinski definition) is 2. The van der Waals surface area contributed by atoms with E-state index < -0.39 is 0 Å². The van der Waals surface area contributed by atoms with E-state index in [4.69, 9.17) is 0 Å². The van der Waals surface area contributed by atoms with Crippen LogP contribution in [0.15, 0.2) is 47.7 Å². The molecule has 4 rings (SSSR count). The molecule has 0 spiro atoms. The summed E-state index contributed by atoms with van der Waals surface area (Å²) in [4.78, 5) is 24.4. The summed E-state index contributed by atoms with van der Waals surface area (Å²) >= 11 is 0. The third kappa shape index (κ3) is 4.00. The van der Waals surface area contributed by atoms with Crippen molar-refractivity contribution in [2.75, 3.05) is 18.4 Å². The van der Waals surface area contributed by atoms with Gasteiger partial charge >= 0.3 is 5.69 Å². The predicted octanol–water partition coefficient (Wildman–Crippen LogP) is 1.37. The van der Waals surface area contributed by atoms with Crippen molar-refractivity contribution in [3.05, 3.63) is 59.0 Å². The first-order valence-corrected chi connectivity index (χ1v) is 8.90. The summed E-state index contributed by atoms with van der Waals surface area (Å²) in [7, 11) is 1.64. The Morgan fingerprint density at radius 2 is 2.04 bits per heavy atom. The van der Waals surface area contributed by atoms with E-state index in [-0.39, 0.29) is 30.0 Å². The molecule has 1 fully saturated rings. The molecule has 1 saturated heterocycles. The van der Waals surface area contributed by atoms with Crippen molar-refractivity contribution >= 4 is 24.0 Å². The largest absolute Gasteiger partial charge is 0.350 e.